The number of phosphoric ester groups is 1. The number of hydrogen-bond acceptors (Lipinski definition) is 8. The van der Waals surface area contributed by atoms with E-state index in [-0.39, 0.29) is 62.4 Å². The van der Waals surface area contributed by atoms with Crippen molar-refractivity contribution in [2.24, 2.45) is 5.41 Å². The molecule has 0 fully saturated rings. The Morgan fingerprint density at radius 3 is 1.65 bits per heavy atom. The molecule has 0 aliphatic heterocycles. The lowest BCUT2D eigenvalue weighted by atomic mass is 9.72. The second-order valence-electron chi connectivity index (χ2n) is 21.9. The molecule has 0 saturated carbocycles. The van der Waals surface area contributed by atoms with Crippen molar-refractivity contribution in [1.82, 2.24) is 10.6 Å². The van der Waals surface area contributed by atoms with E-state index >= 15 is 0 Å². The van der Waals surface area contributed by atoms with Crippen LogP contribution in [-0.2, 0) is 37.5 Å². The van der Waals surface area contributed by atoms with Crippen LogP contribution in [0.15, 0.2) is 83.1 Å². The molecule has 0 aromatic heterocycles. The Labute approximate surface area is 475 Å². The summed E-state index contributed by atoms with van der Waals surface area (Å²) in [6.45, 7) is 15.4. The molecule has 0 aromatic rings. The number of carboxylic acid groups (broad SMARTS) is 1. The van der Waals surface area contributed by atoms with E-state index in [2.05, 4.69) is 88.6 Å². The minimum absolute atomic E-state index is 0.0283. The van der Waals surface area contributed by atoms with Gasteiger partial charge in [0.25, 0.3) is 0 Å². The second kappa shape index (κ2) is 51.3. The summed E-state index contributed by atoms with van der Waals surface area (Å²) < 4.78 is 27.2. The highest BCUT2D eigenvalue weighted by molar-refractivity contribution is 7.47. The second-order valence-corrected chi connectivity index (χ2v) is 23.4. The van der Waals surface area contributed by atoms with Crippen LogP contribution >= 0.6 is 7.82 Å². The Hall–Kier alpha value is -3.83. The maximum atomic E-state index is 12.3. The van der Waals surface area contributed by atoms with Crippen molar-refractivity contribution in [1.29, 1.82) is 0 Å². The number of allylic oxidation sites excluding steroid dienone is 13. The minimum Gasteiger partial charge on any atom is -0.481 e. The highest BCUT2D eigenvalue weighted by Crippen LogP contribution is 2.43. The summed E-state index contributed by atoms with van der Waals surface area (Å²) >= 11 is 0. The van der Waals surface area contributed by atoms with Crippen LogP contribution in [0.25, 0.3) is 0 Å². The van der Waals surface area contributed by atoms with Crippen molar-refractivity contribution in [2.45, 2.75) is 267 Å². The largest absolute Gasteiger partial charge is 0.481 e. The number of hydrogen-bond donors (Lipinski definition) is 4. The molecular weight excluding hydrogens is 1000 g/mol. The molecule has 0 heterocycles. The van der Waals surface area contributed by atoms with Crippen LogP contribution in [0, 0.1) is 5.41 Å². The molecule has 1 aliphatic carbocycles. The summed E-state index contributed by atoms with van der Waals surface area (Å²) in [7, 11) is -4.30. The van der Waals surface area contributed by atoms with Crippen molar-refractivity contribution in [3.8, 4) is 0 Å². The Kier molecular flexibility index (Phi) is 48.8. The van der Waals surface area contributed by atoms with Crippen LogP contribution in [0.4, 0.5) is 0 Å². The molecule has 1 aliphatic rings. The van der Waals surface area contributed by atoms with E-state index < -0.39 is 13.8 Å². The third kappa shape index (κ3) is 49.2. The highest BCUT2D eigenvalue weighted by atomic mass is 31.2. The highest BCUT2D eigenvalue weighted by Gasteiger charge is 2.26. The Morgan fingerprint density at radius 2 is 1.12 bits per heavy atom. The average Bonchev–Trinajstić information content (AvgIpc) is 3.38. The summed E-state index contributed by atoms with van der Waals surface area (Å²) in [5.74, 6) is -1.44. The lowest BCUT2D eigenvalue weighted by molar-refractivity contribution is -0.144. The molecule has 2 amide bonds. The van der Waals surface area contributed by atoms with Crippen molar-refractivity contribution >= 4 is 31.6 Å². The van der Waals surface area contributed by atoms with Gasteiger partial charge in [-0.1, -0.05) is 196 Å². The zero-order chi connectivity index (χ0) is 57.8. The molecule has 0 saturated heterocycles. The van der Waals surface area contributed by atoms with E-state index in [1.165, 1.54) is 152 Å². The molecule has 1 rings (SSSR count). The number of aliphatic carboxylic acids is 1. The van der Waals surface area contributed by atoms with Crippen LogP contribution in [0.3, 0.4) is 0 Å². The quantitative estimate of drug-likeness (QED) is 0.0114. The average molecular weight is 1110 g/mol. The van der Waals surface area contributed by atoms with Crippen molar-refractivity contribution in [3.05, 3.63) is 83.1 Å². The maximum Gasteiger partial charge on any atom is 0.472 e. The van der Waals surface area contributed by atoms with Crippen molar-refractivity contribution in [2.75, 3.05) is 32.9 Å². The van der Waals surface area contributed by atoms with Crippen LogP contribution in [0.2, 0.25) is 0 Å². The van der Waals surface area contributed by atoms with Crippen LogP contribution in [0.5, 0.6) is 0 Å². The Balaban J connectivity index is 0.00000249. The number of carbonyl (C=O) groups is 4. The van der Waals surface area contributed by atoms with Gasteiger partial charge in [0, 0.05) is 44.8 Å². The number of carboxylic acids is 1. The lowest BCUT2D eigenvalue weighted by Crippen LogP contribution is -2.28. The van der Waals surface area contributed by atoms with Gasteiger partial charge < -0.3 is 25.4 Å². The van der Waals surface area contributed by atoms with Crippen molar-refractivity contribution < 1.29 is 47.5 Å². The fraction of sp³-hybridized carbons (Fsp3) is 0.723. The monoisotopic (exact) mass is 1110 g/mol. The summed E-state index contributed by atoms with van der Waals surface area (Å²) in [5, 5.41) is 13.9. The minimum atomic E-state index is -4.30. The fourth-order valence-electron chi connectivity index (χ4n) is 9.06. The standard InChI is InChI=1S/C47H79N2O8P.C18H34O2/c1-7-8-9-10-11-12-13-14-15-16-17-18-19-20-21-30-46(52)55-36-25-37-56-58(53,54)57-38-35-49-44(50)29-24-34-48-45(51)39-41(3)27-22-26-40(2)31-32-43-42(4)28-23-33-47(43,5)6;1-2-3-4-5-6-7-8-9-10-11-12-13-14-15-16-17-18(19)20/h14-15,22,26-27,31-32,39H,7-13,16-21,23-25,28-30,33-38H2,1-6H3,(H,48,51)(H,49,50)(H,53,54);9-10H,2-8,11-17H2,1H3,(H,19,20)/b15-14-,27-22+,32-31+,40-26+,41-39+;10-9-. The molecule has 0 radical (unpaired) electrons. The summed E-state index contributed by atoms with van der Waals surface area (Å²) in [6, 6.07) is 0. The SMILES string of the molecule is CCCCCCCC/C=C\CCCCCCCC(=O)O.CCCCCCCC/C=C\CCCCCCCC(=O)OCCCOP(=O)(O)OCCNC(=O)CCCNC(=O)/C=C(C)/C=C/C=C(C)/C=C/C1=C(C)CCCC1(C)C. The molecular formula is C65H113N2O10P. The number of ether oxygens (including phenoxy) is 1. The Bertz CT molecular complexity index is 1840. The first-order chi connectivity index (χ1) is 37.5. The van der Waals surface area contributed by atoms with E-state index in [1.807, 2.05) is 25.2 Å². The summed E-state index contributed by atoms with van der Waals surface area (Å²) in [5.41, 5.74) is 5.04. The molecule has 12 nitrogen and oxygen atoms in total. The number of esters is 1. The molecule has 0 spiro atoms. The van der Waals surface area contributed by atoms with Gasteiger partial charge in [0.1, 0.15) is 0 Å². The molecule has 4 N–H and O–H groups in total. The third-order valence-electron chi connectivity index (χ3n) is 13.8. The van der Waals surface area contributed by atoms with Gasteiger partial charge in [-0.15, -0.1) is 0 Å². The molecule has 78 heavy (non-hydrogen) atoms. The first-order valence-electron chi connectivity index (χ1n) is 30.8. The third-order valence-corrected chi connectivity index (χ3v) is 14.8. The van der Waals surface area contributed by atoms with Gasteiger partial charge in [-0.3, -0.25) is 28.2 Å². The molecule has 448 valence electrons. The first-order valence-corrected chi connectivity index (χ1v) is 32.3. The van der Waals surface area contributed by atoms with Gasteiger partial charge in [0.05, 0.1) is 19.8 Å². The first kappa shape index (κ1) is 74.2. The van der Waals surface area contributed by atoms with E-state index in [0.29, 0.717) is 25.8 Å². The number of nitrogens with one attached hydrogen (secondary N) is 2. The number of carbonyl (C=O) groups excluding carboxylic acids is 3. The fourth-order valence-corrected chi connectivity index (χ4v) is 9.82. The topological polar surface area (TPSA) is 178 Å². The lowest BCUT2D eigenvalue weighted by Gasteiger charge is -2.32. The predicted molar refractivity (Wildman–Crippen MR) is 325 cm³/mol. The maximum absolute atomic E-state index is 12.3. The number of amides is 2. The molecule has 1 atom stereocenters. The number of unbranched alkanes of at least 4 members (excludes halogenated alkanes) is 22. The van der Waals surface area contributed by atoms with Crippen LogP contribution in [-0.4, -0.2) is 66.7 Å². The van der Waals surface area contributed by atoms with Gasteiger partial charge in [-0.25, -0.2) is 4.57 Å². The van der Waals surface area contributed by atoms with Gasteiger partial charge in [-0.05, 0) is 127 Å². The smallest absolute Gasteiger partial charge is 0.472 e. The Morgan fingerprint density at radius 1 is 0.603 bits per heavy atom. The van der Waals surface area contributed by atoms with Crippen LogP contribution < -0.4 is 10.6 Å². The molecule has 0 bridgehead atoms. The van der Waals surface area contributed by atoms with Gasteiger partial charge in [-0.2, -0.15) is 0 Å². The van der Waals surface area contributed by atoms with Gasteiger partial charge >= 0.3 is 19.8 Å². The molecule has 1 unspecified atom stereocenters. The molecule has 0 aromatic carbocycles. The number of rotatable bonds is 48. The summed E-state index contributed by atoms with van der Waals surface area (Å²) in [4.78, 5) is 56.6. The predicted octanol–water partition coefficient (Wildman–Crippen LogP) is 17.7. The van der Waals surface area contributed by atoms with Gasteiger partial charge in [0.2, 0.25) is 11.8 Å². The van der Waals surface area contributed by atoms with E-state index in [9.17, 15) is 28.6 Å². The van der Waals surface area contributed by atoms with E-state index in [4.69, 9.17) is 18.9 Å². The van der Waals surface area contributed by atoms with Crippen molar-refractivity contribution in [3.63, 3.8) is 0 Å². The summed E-state index contributed by atoms with van der Waals surface area (Å²) in [6.07, 6.45) is 58.0. The van der Waals surface area contributed by atoms with E-state index in [1.54, 1.807) is 0 Å². The zero-order valence-corrected chi connectivity index (χ0v) is 51.4. The number of phosphoric acid groups is 1. The normalized spacial score (nSPS) is 14.8. The zero-order valence-electron chi connectivity index (χ0n) is 50.5. The van der Waals surface area contributed by atoms with E-state index in [0.717, 1.165) is 62.5 Å². The van der Waals surface area contributed by atoms with Gasteiger partial charge in [0.15, 0.2) is 0 Å². The van der Waals surface area contributed by atoms with Crippen LogP contribution in [0.1, 0.15) is 267 Å². The molecule has 13 heteroatoms.